The fourth-order valence-electron chi connectivity index (χ4n) is 3.64. The molecule has 3 nitrogen and oxygen atoms in total. The van der Waals surface area contributed by atoms with Gasteiger partial charge in [-0.3, -0.25) is 4.79 Å². The van der Waals surface area contributed by atoms with Crippen LogP contribution in [-0.4, -0.2) is 24.5 Å². The van der Waals surface area contributed by atoms with Crippen LogP contribution in [0.15, 0.2) is 24.3 Å². The summed E-state index contributed by atoms with van der Waals surface area (Å²) in [7, 11) is 0. The SMILES string of the molecule is O=C(CNC1Cc2ccccc2C1)NC1CCCCCC1. The average Bonchev–Trinajstić information content (AvgIpc) is 2.74. The lowest BCUT2D eigenvalue weighted by molar-refractivity contribution is -0.121. The van der Waals surface area contributed by atoms with Gasteiger partial charge in [-0.25, -0.2) is 0 Å². The quantitative estimate of drug-likeness (QED) is 0.835. The van der Waals surface area contributed by atoms with Gasteiger partial charge in [-0.15, -0.1) is 0 Å². The van der Waals surface area contributed by atoms with Gasteiger partial charge in [0.2, 0.25) is 5.91 Å². The molecule has 2 N–H and O–H groups in total. The van der Waals surface area contributed by atoms with Crippen molar-refractivity contribution in [2.45, 2.75) is 63.5 Å². The van der Waals surface area contributed by atoms with Crippen LogP contribution in [-0.2, 0) is 17.6 Å². The summed E-state index contributed by atoms with van der Waals surface area (Å²) in [5, 5.41) is 6.62. The van der Waals surface area contributed by atoms with E-state index in [1.165, 1.54) is 36.8 Å². The first-order valence-electron chi connectivity index (χ1n) is 8.41. The monoisotopic (exact) mass is 286 g/mol. The van der Waals surface area contributed by atoms with E-state index in [9.17, 15) is 4.79 Å². The number of hydrogen-bond acceptors (Lipinski definition) is 2. The molecule has 1 saturated carbocycles. The molecule has 0 heterocycles. The minimum atomic E-state index is 0.165. The molecule has 0 aromatic heterocycles. The van der Waals surface area contributed by atoms with Gasteiger partial charge in [0.05, 0.1) is 6.54 Å². The van der Waals surface area contributed by atoms with Crippen LogP contribution >= 0.6 is 0 Å². The Morgan fingerprint density at radius 3 is 2.19 bits per heavy atom. The van der Waals surface area contributed by atoms with E-state index in [4.69, 9.17) is 0 Å². The normalized spacial score (nSPS) is 20.0. The van der Waals surface area contributed by atoms with Crippen LogP contribution < -0.4 is 10.6 Å². The molecule has 1 fully saturated rings. The molecule has 0 radical (unpaired) electrons. The number of benzene rings is 1. The predicted octanol–water partition coefficient (Wildman–Crippen LogP) is 2.58. The molecule has 0 spiro atoms. The number of fused-ring (bicyclic) bond motifs is 1. The van der Waals surface area contributed by atoms with Crippen molar-refractivity contribution in [3.8, 4) is 0 Å². The third-order valence-electron chi connectivity index (χ3n) is 4.82. The third-order valence-corrected chi connectivity index (χ3v) is 4.82. The largest absolute Gasteiger partial charge is 0.352 e. The second kappa shape index (κ2) is 7.08. The fraction of sp³-hybridized carbons (Fsp3) is 0.611. The molecule has 114 valence electrons. The lowest BCUT2D eigenvalue weighted by Crippen LogP contribution is -2.43. The van der Waals surface area contributed by atoms with Crippen LogP contribution in [0.4, 0.5) is 0 Å². The van der Waals surface area contributed by atoms with Gasteiger partial charge < -0.3 is 10.6 Å². The lowest BCUT2D eigenvalue weighted by Gasteiger charge is -2.18. The summed E-state index contributed by atoms with van der Waals surface area (Å²) in [4.78, 5) is 12.1. The smallest absolute Gasteiger partial charge is 0.234 e. The molecular formula is C18H26N2O. The molecule has 1 aromatic carbocycles. The van der Waals surface area contributed by atoms with Gasteiger partial charge in [0.15, 0.2) is 0 Å². The Balaban J connectivity index is 1.40. The van der Waals surface area contributed by atoms with Gasteiger partial charge in [-0.05, 0) is 36.8 Å². The standard InChI is InChI=1S/C18H26N2O/c21-18(20-16-9-3-1-2-4-10-16)13-19-17-11-14-7-5-6-8-15(14)12-17/h5-8,16-17,19H,1-4,9-13H2,(H,20,21). The molecular weight excluding hydrogens is 260 g/mol. The van der Waals surface area contributed by atoms with Crippen molar-refractivity contribution in [2.24, 2.45) is 0 Å². The highest BCUT2D eigenvalue weighted by molar-refractivity contribution is 5.78. The van der Waals surface area contributed by atoms with E-state index in [-0.39, 0.29) is 5.91 Å². The number of nitrogens with one attached hydrogen (secondary N) is 2. The zero-order valence-corrected chi connectivity index (χ0v) is 12.7. The molecule has 0 aliphatic heterocycles. The van der Waals surface area contributed by atoms with E-state index in [0.717, 1.165) is 25.7 Å². The molecule has 0 unspecified atom stereocenters. The Morgan fingerprint density at radius 1 is 0.952 bits per heavy atom. The molecule has 3 rings (SSSR count). The first-order valence-corrected chi connectivity index (χ1v) is 8.41. The third kappa shape index (κ3) is 4.07. The second-order valence-corrected chi connectivity index (χ2v) is 6.51. The summed E-state index contributed by atoms with van der Waals surface area (Å²) < 4.78 is 0. The number of hydrogen-bond donors (Lipinski definition) is 2. The predicted molar refractivity (Wildman–Crippen MR) is 85.3 cm³/mol. The zero-order valence-electron chi connectivity index (χ0n) is 12.7. The maximum Gasteiger partial charge on any atom is 0.234 e. The summed E-state index contributed by atoms with van der Waals surface area (Å²) >= 11 is 0. The van der Waals surface area contributed by atoms with E-state index in [1.54, 1.807) is 0 Å². The number of rotatable bonds is 4. The minimum Gasteiger partial charge on any atom is -0.352 e. The van der Waals surface area contributed by atoms with Crippen molar-refractivity contribution < 1.29 is 4.79 Å². The maximum absolute atomic E-state index is 12.1. The number of carbonyl (C=O) groups excluding carboxylic acids is 1. The van der Waals surface area contributed by atoms with E-state index in [1.807, 2.05) is 0 Å². The number of carbonyl (C=O) groups is 1. The van der Waals surface area contributed by atoms with E-state index < -0.39 is 0 Å². The van der Waals surface area contributed by atoms with Crippen LogP contribution in [0, 0.1) is 0 Å². The molecule has 2 aliphatic carbocycles. The topological polar surface area (TPSA) is 41.1 Å². The van der Waals surface area contributed by atoms with Crippen LogP contribution in [0.5, 0.6) is 0 Å². The summed E-state index contributed by atoms with van der Waals surface area (Å²) in [5.74, 6) is 0.165. The van der Waals surface area contributed by atoms with Gasteiger partial charge >= 0.3 is 0 Å². The second-order valence-electron chi connectivity index (χ2n) is 6.51. The van der Waals surface area contributed by atoms with Crippen molar-refractivity contribution >= 4 is 5.91 Å². The Hall–Kier alpha value is -1.35. The zero-order chi connectivity index (χ0) is 14.5. The summed E-state index contributed by atoms with van der Waals surface area (Å²) in [5.41, 5.74) is 2.86. The van der Waals surface area contributed by atoms with Crippen molar-refractivity contribution in [3.05, 3.63) is 35.4 Å². The van der Waals surface area contributed by atoms with E-state index >= 15 is 0 Å². The Kier molecular flexibility index (Phi) is 4.91. The van der Waals surface area contributed by atoms with Gasteiger partial charge in [0, 0.05) is 12.1 Å². The first-order chi connectivity index (χ1) is 10.3. The highest BCUT2D eigenvalue weighted by Crippen LogP contribution is 2.21. The highest BCUT2D eigenvalue weighted by Gasteiger charge is 2.21. The van der Waals surface area contributed by atoms with Crippen molar-refractivity contribution in [2.75, 3.05) is 6.54 Å². The minimum absolute atomic E-state index is 0.165. The highest BCUT2D eigenvalue weighted by atomic mass is 16.1. The van der Waals surface area contributed by atoms with Gasteiger partial charge in [-0.1, -0.05) is 49.9 Å². The molecule has 0 saturated heterocycles. The molecule has 1 aromatic rings. The van der Waals surface area contributed by atoms with E-state index in [2.05, 4.69) is 34.9 Å². The van der Waals surface area contributed by atoms with Gasteiger partial charge in [0.25, 0.3) is 0 Å². The fourth-order valence-corrected chi connectivity index (χ4v) is 3.64. The van der Waals surface area contributed by atoms with Crippen LogP contribution in [0.25, 0.3) is 0 Å². The molecule has 3 heteroatoms. The van der Waals surface area contributed by atoms with Crippen molar-refractivity contribution in [1.29, 1.82) is 0 Å². The van der Waals surface area contributed by atoms with Crippen molar-refractivity contribution in [3.63, 3.8) is 0 Å². The molecule has 21 heavy (non-hydrogen) atoms. The Bertz CT molecular complexity index is 453. The summed E-state index contributed by atoms with van der Waals surface area (Å²) in [6, 6.07) is 9.41. The van der Waals surface area contributed by atoms with Crippen LogP contribution in [0.3, 0.4) is 0 Å². The van der Waals surface area contributed by atoms with Crippen LogP contribution in [0.1, 0.15) is 49.7 Å². The van der Waals surface area contributed by atoms with E-state index in [0.29, 0.717) is 18.6 Å². The molecule has 2 aliphatic rings. The average molecular weight is 286 g/mol. The summed E-state index contributed by atoms with van der Waals surface area (Å²) in [6.45, 7) is 0.454. The lowest BCUT2D eigenvalue weighted by atomic mass is 10.1. The Morgan fingerprint density at radius 2 is 1.57 bits per heavy atom. The first kappa shape index (κ1) is 14.6. The van der Waals surface area contributed by atoms with Gasteiger partial charge in [-0.2, -0.15) is 0 Å². The number of amides is 1. The molecule has 1 amide bonds. The maximum atomic E-state index is 12.1. The summed E-state index contributed by atoms with van der Waals surface area (Å²) in [6.07, 6.45) is 9.57. The Labute approximate surface area is 127 Å². The van der Waals surface area contributed by atoms with Crippen molar-refractivity contribution in [1.82, 2.24) is 10.6 Å². The molecule has 0 atom stereocenters. The van der Waals surface area contributed by atoms with Gasteiger partial charge in [0.1, 0.15) is 0 Å². The van der Waals surface area contributed by atoms with Crippen LogP contribution in [0.2, 0.25) is 0 Å². The molecule has 0 bridgehead atoms.